The van der Waals surface area contributed by atoms with Crippen molar-refractivity contribution >= 4 is 5.97 Å². The second-order valence-electron chi connectivity index (χ2n) is 4.97. The summed E-state index contributed by atoms with van der Waals surface area (Å²) in [5.74, 6) is 2.23. The van der Waals surface area contributed by atoms with Gasteiger partial charge >= 0.3 is 5.97 Å². The zero-order valence-corrected chi connectivity index (χ0v) is 9.71. The van der Waals surface area contributed by atoms with E-state index >= 15 is 0 Å². The van der Waals surface area contributed by atoms with Crippen molar-refractivity contribution in [3.63, 3.8) is 0 Å². The van der Waals surface area contributed by atoms with E-state index in [0.717, 1.165) is 12.2 Å². The molecule has 3 rings (SSSR count). The van der Waals surface area contributed by atoms with Gasteiger partial charge in [-0.3, -0.25) is 4.79 Å². The molecule has 1 fully saturated rings. The Morgan fingerprint density at radius 3 is 2.88 bits per heavy atom. The van der Waals surface area contributed by atoms with E-state index in [1.807, 2.05) is 6.92 Å². The Bertz CT molecular complexity index is 492. The predicted octanol–water partition coefficient (Wildman–Crippen LogP) is 1.35. The van der Waals surface area contributed by atoms with E-state index < -0.39 is 5.97 Å². The van der Waals surface area contributed by atoms with Crippen molar-refractivity contribution in [1.82, 2.24) is 14.8 Å². The summed E-state index contributed by atoms with van der Waals surface area (Å²) < 4.78 is 1.74. The lowest BCUT2D eigenvalue weighted by Gasteiger charge is -2.18. The number of carboxylic acid groups (broad SMARTS) is 1. The molecule has 1 saturated carbocycles. The summed E-state index contributed by atoms with van der Waals surface area (Å²) in [4.78, 5) is 10.9. The normalized spacial score (nSPS) is 30.1. The highest BCUT2D eigenvalue weighted by Crippen LogP contribution is 2.48. The number of hydrogen-bond acceptors (Lipinski definition) is 3. The van der Waals surface area contributed by atoms with Gasteiger partial charge in [-0.25, -0.2) is 0 Å². The fraction of sp³-hybridized carbons (Fsp3) is 0.583. The zero-order valence-electron chi connectivity index (χ0n) is 9.71. The van der Waals surface area contributed by atoms with Crippen molar-refractivity contribution in [2.45, 2.75) is 32.2 Å². The third kappa shape index (κ3) is 1.66. The lowest BCUT2D eigenvalue weighted by Crippen LogP contribution is -2.18. The molecule has 17 heavy (non-hydrogen) atoms. The largest absolute Gasteiger partial charge is 0.480 e. The standard InChI is InChI=1S/C12H15N3O2/c1-7-13-14-12(15(7)6-11(16)17)10-5-8-2-3-9(10)4-8/h2-3,8-10H,4-6H2,1H3,(H,16,17). The smallest absolute Gasteiger partial charge is 0.323 e. The lowest BCUT2D eigenvalue weighted by molar-refractivity contribution is -0.137. The molecule has 1 heterocycles. The summed E-state index contributed by atoms with van der Waals surface area (Å²) in [5, 5.41) is 17.1. The molecule has 2 aliphatic rings. The molecular weight excluding hydrogens is 218 g/mol. The van der Waals surface area contributed by atoms with Crippen LogP contribution in [0.25, 0.3) is 0 Å². The molecular formula is C12H15N3O2. The first-order chi connectivity index (χ1) is 8.15. The Labute approximate surface area is 99.2 Å². The SMILES string of the molecule is Cc1nnc(C2CC3C=CC2C3)n1CC(=O)O. The minimum atomic E-state index is -0.840. The fourth-order valence-corrected chi connectivity index (χ4v) is 3.08. The van der Waals surface area contributed by atoms with E-state index in [4.69, 9.17) is 5.11 Å². The van der Waals surface area contributed by atoms with Gasteiger partial charge in [0.1, 0.15) is 18.2 Å². The molecule has 5 nitrogen and oxygen atoms in total. The van der Waals surface area contributed by atoms with Crippen LogP contribution in [0.15, 0.2) is 12.2 Å². The van der Waals surface area contributed by atoms with E-state index in [1.54, 1.807) is 4.57 Å². The van der Waals surface area contributed by atoms with Crippen molar-refractivity contribution in [3.05, 3.63) is 23.8 Å². The Hall–Kier alpha value is -1.65. The van der Waals surface area contributed by atoms with Crippen LogP contribution in [0.3, 0.4) is 0 Å². The summed E-state index contributed by atoms with van der Waals surface area (Å²) in [6.07, 6.45) is 6.78. The molecule has 3 atom stereocenters. The van der Waals surface area contributed by atoms with Gasteiger partial charge in [-0.05, 0) is 31.6 Å². The van der Waals surface area contributed by atoms with Crippen LogP contribution in [0.4, 0.5) is 0 Å². The van der Waals surface area contributed by atoms with Crippen LogP contribution in [-0.4, -0.2) is 25.8 Å². The van der Waals surface area contributed by atoms with E-state index in [2.05, 4.69) is 22.3 Å². The van der Waals surface area contributed by atoms with Crippen molar-refractivity contribution in [1.29, 1.82) is 0 Å². The average molecular weight is 233 g/mol. The minimum Gasteiger partial charge on any atom is -0.480 e. The first kappa shape index (κ1) is 10.5. The van der Waals surface area contributed by atoms with Gasteiger partial charge in [0.05, 0.1) is 0 Å². The number of nitrogens with zero attached hydrogens (tertiary/aromatic N) is 3. The Kier molecular flexibility index (Phi) is 2.28. The van der Waals surface area contributed by atoms with E-state index in [0.29, 0.717) is 23.6 Å². The quantitative estimate of drug-likeness (QED) is 0.800. The molecule has 90 valence electrons. The number of carbonyl (C=O) groups is 1. The summed E-state index contributed by atoms with van der Waals surface area (Å²) >= 11 is 0. The molecule has 2 aliphatic carbocycles. The molecule has 0 amide bonds. The van der Waals surface area contributed by atoms with E-state index in [-0.39, 0.29) is 6.54 Å². The van der Waals surface area contributed by atoms with Crippen molar-refractivity contribution in [2.24, 2.45) is 11.8 Å². The van der Waals surface area contributed by atoms with Gasteiger partial charge in [0.2, 0.25) is 0 Å². The van der Waals surface area contributed by atoms with Gasteiger partial charge in [-0.1, -0.05) is 12.2 Å². The minimum absolute atomic E-state index is 0.0359. The Balaban J connectivity index is 1.93. The summed E-state index contributed by atoms with van der Waals surface area (Å²) in [5.41, 5.74) is 0. The highest BCUT2D eigenvalue weighted by Gasteiger charge is 2.39. The maximum absolute atomic E-state index is 10.9. The second-order valence-corrected chi connectivity index (χ2v) is 4.97. The highest BCUT2D eigenvalue weighted by molar-refractivity contribution is 5.66. The van der Waals surface area contributed by atoms with Crippen LogP contribution in [0.1, 0.15) is 30.4 Å². The summed E-state index contributed by atoms with van der Waals surface area (Å²) in [6, 6.07) is 0. The Morgan fingerprint density at radius 1 is 1.47 bits per heavy atom. The molecule has 3 unspecified atom stereocenters. The van der Waals surface area contributed by atoms with Crippen LogP contribution in [0.5, 0.6) is 0 Å². The number of rotatable bonds is 3. The first-order valence-electron chi connectivity index (χ1n) is 5.95. The van der Waals surface area contributed by atoms with Gasteiger partial charge in [0.25, 0.3) is 0 Å². The molecule has 2 bridgehead atoms. The molecule has 0 aliphatic heterocycles. The van der Waals surface area contributed by atoms with E-state index in [9.17, 15) is 4.79 Å². The summed E-state index contributed by atoms with van der Waals surface area (Å²) in [7, 11) is 0. The monoisotopic (exact) mass is 233 g/mol. The fourth-order valence-electron chi connectivity index (χ4n) is 3.08. The molecule has 1 N–H and O–H groups in total. The molecule has 1 aromatic rings. The average Bonchev–Trinajstić information content (AvgIpc) is 2.94. The summed E-state index contributed by atoms with van der Waals surface area (Å²) in [6.45, 7) is 1.77. The zero-order chi connectivity index (χ0) is 12.0. The predicted molar refractivity (Wildman–Crippen MR) is 60.5 cm³/mol. The van der Waals surface area contributed by atoms with Gasteiger partial charge in [0, 0.05) is 5.92 Å². The van der Waals surface area contributed by atoms with Crippen LogP contribution >= 0.6 is 0 Å². The van der Waals surface area contributed by atoms with Gasteiger partial charge < -0.3 is 9.67 Å². The second kappa shape index (κ2) is 3.68. The van der Waals surface area contributed by atoms with Crippen molar-refractivity contribution in [3.8, 4) is 0 Å². The number of aliphatic carboxylic acids is 1. The van der Waals surface area contributed by atoms with Gasteiger partial charge in [0.15, 0.2) is 0 Å². The van der Waals surface area contributed by atoms with Crippen molar-refractivity contribution in [2.75, 3.05) is 0 Å². The van der Waals surface area contributed by atoms with Crippen LogP contribution in [0.2, 0.25) is 0 Å². The van der Waals surface area contributed by atoms with Gasteiger partial charge in [-0.15, -0.1) is 10.2 Å². The maximum atomic E-state index is 10.9. The van der Waals surface area contributed by atoms with Gasteiger partial charge in [-0.2, -0.15) is 0 Å². The highest BCUT2D eigenvalue weighted by atomic mass is 16.4. The Morgan fingerprint density at radius 2 is 2.29 bits per heavy atom. The van der Waals surface area contributed by atoms with Crippen molar-refractivity contribution < 1.29 is 9.90 Å². The molecule has 1 aromatic heterocycles. The number of allylic oxidation sites excluding steroid dienone is 2. The molecule has 5 heteroatoms. The molecule has 0 aromatic carbocycles. The maximum Gasteiger partial charge on any atom is 0.323 e. The number of fused-ring (bicyclic) bond motifs is 2. The molecule has 0 radical (unpaired) electrons. The lowest BCUT2D eigenvalue weighted by atomic mass is 9.93. The van der Waals surface area contributed by atoms with Crippen LogP contribution in [0, 0.1) is 18.8 Å². The number of aromatic nitrogens is 3. The molecule has 0 saturated heterocycles. The third-order valence-electron chi connectivity index (χ3n) is 3.87. The number of hydrogen-bond donors (Lipinski definition) is 1. The van der Waals surface area contributed by atoms with E-state index in [1.165, 1.54) is 6.42 Å². The topological polar surface area (TPSA) is 68.0 Å². The first-order valence-corrected chi connectivity index (χ1v) is 5.95. The third-order valence-corrected chi connectivity index (χ3v) is 3.87. The number of aryl methyl sites for hydroxylation is 1. The van der Waals surface area contributed by atoms with Crippen LogP contribution < -0.4 is 0 Å². The van der Waals surface area contributed by atoms with Crippen LogP contribution in [-0.2, 0) is 11.3 Å². The molecule has 0 spiro atoms. The number of carboxylic acids is 1.